The molecule has 2 aliphatic heterocycles. The monoisotopic (exact) mass is 514 g/mol. The maximum Gasteiger partial charge on any atom is 0.283 e. The van der Waals surface area contributed by atoms with Gasteiger partial charge < -0.3 is 14.2 Å². The summed E-state index contributed by atoms with van der Waals surface area (Å²) in [5.41, 5.74) is 0.655. The number of fused-ring (bicyclic) bond motifs is 1. The topological polar surface area (TPSA) is 131 Å². The normalized spacial score (nSPS) is 16.6. The molecule has 0 spiro atoms. The van der Waals surface area contributed by atoms with Crippen molar-refractivity contribution >= 4 is 49.0 Å². The SMILES string of the molecule is CCS(=O)(=O)C1=NN2C(=N)/C(=C/c3ccc(OCCOc4cccc(OC)c4)cc3)C(=O)N=C2S1. The number of amidine groups is 2. The van der Waals surface area contributed by atoms with Crippen LogP contribution in [0.15, 0.2) is 64.2 Å². The number of ether oxygens (including phenoxy) is 3. The Morgan fingerprint density at radius 3 is 2.43 bits per heavy atom. The number of methoxy groups -OCH3 is 1. The number of hydrogen-bond donors (Lipinski definition) is 1. The van der Waals surface area contributed by atoms with Crippen LogP contribution in [0.2, 0.25) is 0 Å². The van der Waals surface area contributed by atoms with Gasteiger partial charge in [-0.05, 0) is 47.7 Å². The lowest BCUT2D eigenvalue weighted by molar-refractivity contribution is -0.114. The number of sulfone groups is 1. The summed E-state index contributed by atoms with van der Waals surface area (Å²) in [6, 6.07) is 14.2. The van der Waals surface area contributed by atoms with Crippen molar-refractivity contribution in [2.24, 2.45) is 10.1 Å². The Labute approximate surface area is 206 Å². The zero-order valence-corrected chi connectivity index (χ0v) is 20.6. The number of carbonyl (C=O) groups excluding carboxylic acids is 1. The molecule has 2 aliphatic rings. The summed E-state index contributed by atoms with van der Waals surface area (Å²) in [5.74, 6) is 1.01. The van der Waals surface area contributed by atoms with E-state index >= 15 is 0 Å². The van der Waals surface area contributed by atoms with E-state index in [2.05, 4.69) is 10.1 Å². The van der Waals surface area contributed by atoms with E-state index < -0.39 is 15.7 Å². The lowest BCUT2D eigenvalue weighted by Gasteiger charge is -2.20. The Balaban J connectivity index is 1.38. The second kappa shape index (κ2) is 10.3. The summed E-state index contributed by atoms with van der Waals surface area (Å²) in [6.07, 6.45) is 1.51. The molecular weight excluding hydrogens is 492 g/mol. The Hall–Kier alpha value is -3.64. The van der Waals surface area contributed by atoms with E-state index in [-0.39, 0.29) is 26.7 Å². The summed E-state index contributed by atoms with van der Waals surface area (Å²) in [5, 5.41) is 13.5. The zero-order chi connectivity index (χ0) is 25.0. The number of carbonyl (C=O) groups is 1. The van der Waals surface area contributed by atoms with Crippen LogP contribution in [-0.4, -0.2) is 60.8 Å². The smallest absolute Gasteiger partial charge is 0.283 e. The third-order valence-corrected chi connectivity index (χ3v) is 8.02. The van der Waals surface area contributed by atoms with Crippen molar-refractivity contribution in [1.29, 1.82) is 5.41 Å². The molecule has 0 aromatic heterocycles. The molecule has 1 N–H and O–H groups in total. The van der Waals surface area contributed by atoms with Gasteiger partial charge in [-0.25, -0.2) is 8.42 Å². The van der Waals surface area contributed by atoms with Crippen LogP contribution in [0.25, 0.3) is 6.08 Å². The van der Waals surface area contributed by atoms with Crippen LogP contribution >= 0.6 is 11.8 Å². The minimum Gasteiger partial charge on any atom is -0.497 e. The van der Waals surface area contributed by atoms with E-state index in [4.69, 9.17) is 19.6 Å². The van der Waals surface area contributed by atoms with Crippen LogP contribution in [0.4, 0.5) is 0 Å². The number of amides is 1. The third-order valence-electron chi connectivity index (χ3n) is 4.94. The van der Waals surface area contributed by atoms with Crippen molar-refractivity contribution in [3.8, 4) is 17.2 Å². The van der Waals surface area contributed by atoms with Crippen LogP contribution in [0.3, 0.4) is 0 Å². The van der Waals surface area contributed by atoms with Crippen molar-refractivity contribution in [2.45, 2.75) is 6.92 Å². The summed E-state index contributed by atoms with van der Waals surface area (Å²) in [6.45, 7) is 2.17. The first-order valence-electron chi connectivity index (χ1n) is 10.5. The van der Waals surface area contributed by atoms with Crippen LogP contribution in [-0.2, 0) is 14.6 Å². The molecular formula is C23H22N4O6S2. The molecule has 12 heteroatoms. The molecule has 10 nitrogen and oxygen atoms in total. The largest absolute Gasteiger partial charge is 0.497 e. The van der Waals surface area contributed by atoms with Gasteiger partial charge in [-0.3, -0.25) is 10.2 Å². The Morgan fingerprint density at radius 1 is 1.06 bits per heavy atom. The highest BCUT2D eigenvalue weighted by atomic mass is 32.3. The van der Waals surface area contributed by atoms with Crippen LogP contribution in [0.1, 0.15) is 12.5 Å². The minimum absolute atomic E-state index is 0.00797. The molecule has 0 bridgehead atoms. The van der Waals surface area contributed by atoms with Gasteiger partial charge in [0.25, 0.3) is 5.91 Å². The van der Waals surface area contributed by atoms with Crippen LogP contribution in [0.5, 0.6) is 17.2 Å². The quantitative estimate of drug-likeness (QED) is 0.420. The van der Waals surface area contributed by atoms with E-state index in [0.29, 0.717) is 36.0 Å². The Kier molecular flexibility index (Phi) is 7.22. The zero-order valence-electron chi connectivity index (χ0n) is 18.9. The first-order chi connectivity index (χ1) is 16.8. The predicted octanol–water partition coefficient (Wildman–Crippen LogP) is 3.16. The maximum absolute atomic E-state index is 12.5. The van der Waals surface area contributed by atoms with Crippen LogP contribution in [0, 0.1) is 5.41 Å². The molecule has 0 saturated heterocycles. The predicted molar refractivity (Wildman–Crippen MR) is 135 cm³/mol. The first kappa shape index (κ1) is 24.5. The molecule has 0 radical (unpaired) electrons. The maximum atomic E-state index is 12.5. The summed E-state index contributed by atoms with van der Waals surface area (Å²) in [4.78, 5) is 16.4. The lowest BCUT2D eigenvalue weighted by Crippen LogP contribution is -2.35. The average molecular weight is 515 g/mol. The van der Waals surface area contributed by atoms with E-state index in [1.807, 2.05) is 18.2 Å². The van der Waals surface area contributed by atoms with E-state index in [1.165, 1.54) is 13.0 Å². The molecule has 1 amide bonds. The number of nitrogens with one attached hydrogen (secondary N) is 1. The highest BCUT2D eigenvalue weighted by Gasteiger charge is 2.39. The molecule has 0 fully saturated rings. The summed E-state index contributed by atoms with van der Waals surface area (Å²) in [7, 11) is -1.98. The Morgan fingerprint density at radius 2 is 1.74 bits per heavy atom. The molecule has 0 unspecified atom stereocenters. The number of nitrogens with zero attached hydrogens (tertiary/aromatic N) is 3. The molecule has 4 rings (SSSR count). The summed E-state index contributed by atoms with van der Waals surface area (Å²) < 4.78 is 40.5. The minimum atomic E-state index is -3.57. The third kappa shape index (κ3) is 5.54. The number of aliphatic imine (C=N–C) groups is 1. The molecule has 2 aromatic carbocycles. The van der Waals surface area contributed by atoms with Gasteiger partial charge in [0.05, 0.1) is 18.4 Å². The fourth-order valence-electron chi connectivity index (χ4n) is 3.06. The molecule has 35 heavy (non-hydrogen) atoms. The molecule has 0 aliphatic carbocycles. The lowest BCUT2D eigenvalue weighted by atomic mass is 10.1. The van der Waals surface area contributed by atoms with Gasteiger partial charge >= 0.3 is 0 Å². The number of benzene rings is 2. The highest BCUT2D eigenvalue weighted by Crippen LogP contribution is 2.30. The molecule has 182 valence electrons. The highest BCUT2D eigenvalue weighted by molar-refractivity contribution is 8.42. The van der Waals surface area contributed by atoms with E-state index in [9.17, 15) is 13.2 Å². The molecule has 0 saturated carbocycles. The molecule has 0 atom stereocenters. The first-order valence-corrected chi connectivity index (χ1v) is 13.0. The van der Waals surface area contributed by atoms with Gasteiger partial charge in [0.1, 0.15) is 30.5 Å². The number of hydrogen-bond acceptors (Lipinski definition) is 9. The number of hydrazone groups is 1. The number of rotatable bonds is 8. The second-order valence-electron chi connectivity index (χ2n) is 7.23. The van der Waals surface area contributed by atoms with E-state index in [1.54, 1.807) is 37.4 Å². The van der Waals surface area contributed by atoms with E-state index in [0.717, 1.165) is 16.8 Å². The van der Waals surface area contributed by atoms with Gasteiger partial charge in [0.15, 0.2) is 5.84 Å². The summed E-state index contributed by atoms with van der Waals surface area (Å²) >= 11 is 0.770. The standard InChI is InChI=1S/C23H22N4O6S2/c1-3-35(29,30)23-26-27-20(24)19(21(28)25-22(27)34-23)13-15-7-9-16(10-8-15)32-11-12-33-18-6-4-5-17(14-18)31-2/h4-10,13-14,24H,3,11-12H2,1-2H3/b19-13-,24-20?. The van der Waals surface area contributed by atoms with Crippen LogP contribution < -0.4 is 14.2 Å². The van der Waals surface area contributed by atoms with Gasteiger partial charge in [-0.2, -0.15) is 10.0 Å². The Bertz CT molecular complexity index is 1350. The van der Waals surface area contributed by atoms with Crippen molar-refractivity contribution in [1.82, 2.24) is 5.01 Å². The van der Waals surface area contributed by atoms with Gasteiger partial charge in [0.2, 0.25) is 19.4 Å². The molecule has 2 heterocycles. The molecule has 2 aromatic rings. The van der Waals surface area contributed by atoms with Crippen molar-refractivity contribution in [3.63, 3.8) is 0 Å². The fourth-order valence-corrected chi connectivity index (χ4v) is 5.22. The van der Waals surface area contributed by atoms with Crippen molar-refractivity contribution < 1.29 is 27.4 Å². The van der Waals surface area contributed by atoms with Gasteiger partial charge in [-0.15, -0.1) is 5.10 Å². The van der Waals surface area contributed by atoms with Crippen molar-refractivity contribution in [3.05, 3.63) is 59.7 Å². The average Bonchev–Trinajstić information content (AvgIpc) is 3.30. The number of thioether (sulfide) groups is 1. The van der Waals surface area contributed by atoms with Gasteiger partial charge in [0, 0.05) is 6.07 Å². The second-order valence-corrected chi connectivity index (χ2v) is 10.6. The van der Waals surface area contributed by atoms with Gasteiger partial charge in [-0.1, -0.05) is 25.1 Å². The van der Waals surface area contributed by atoms with Crippen molar-refractivity contribution in [2.75, 3.05) is 26.1 Å². The fraction of sp³-hybridized carbons (Fsp3) is 0.217.